The van der Waals surface area contributed by atoms with Crippen molar-refractivity contribution in [3.63, 3.8) is 0 Å². The first-order valence-electron chi connectivity index (χ1n) is 8.92. The van der Waals surface area contributed by atoms with Crippen molar-refractivity contribution in [2.75, 3.05) is 11.9 Å². The fourth-order valence-electron chi connectivity index (χ4n) is 2.99. The van der Waals surface area contributed by atoms with Crippen LogP contribution in [0.15, 0.2) is 60.8 Å². The lowest BCUT2D eigenvalue weighted by molar-refractivity contribution is 0.0945. The minimum atomic E-state index is -0.626. The van der Waals surface area contributed by atoms with Crippen LogP contribution in [0.1, 0.15) is 21.6 Å². The third-order valence-corrected chi connectivity index (χ3v) is 4.35. The number of rotatable bonds is 4. The summed E-state index contributed by atoms with van der Waals surface area (Å²) in [6.07, 6.45) is 1.65. The lowest BCUT2D eigenvalue weighted by atomic mass is 10.0. The van der Waals surface area contributed by atoms with Gasteiger partial charge in [-0.1, -0.05) is 36.4 Å². The van der Waals surface area contributed by atoms with Crippen LogP contribution in [0.4, 0.5) is 10.5 Å². The van der Waals surface area contributed by atoms with Gasteiger partial charge in [0.05, 0.1) is 22.6 Å². The highest BCUT2D eigenvalue weighted by atomic mass is 16.5. The summed E-state index contributed by atoms with van der Waals surface area (Å²) in [5.74, 6) is -0.206. The van der Waals surface area contributed by atoms with Crippen molar-refractivity contribution in [1.82, 2.24) is 15.3 Å². The maximum atomic E-state index is 12.3. The number of hydrogen-bond donors (Lipinski definition) is 2. The maximum absolute atomic E-state index is 12.3. The summed E-state index contributed by atoms with van der Waals surface area (Å²) in [5.41, 5.74) is 3.51. The molecule has 0 saturated heterocycles. The van der Waals surface area contributed by atoms with Gasteiger partial charge in [0.15, 0.2) is 0 Å². The first-order valence-corrected chi connectivity index (χ1v) is 8.92. The van der Waals surface area contributed by atoms with Crippen molar-refractivity contribution in [3.05, 3.63) is 77.6 Å². The van der Waals surface area contributed by atoms with Gasteiger partial charge in [-0.25, -0.2) is 9.78 Å². The Morgan fingerprint density at radius 2 is 1.96 bits per heavy atom. The number of nitrogens with zero attached hydrogens (tertiary/aromatic N) is 2. The maximum Gasteiger partial charge on any atom is 0.412 e. The number of carbonyl (C=O) groups excluding carboxylic acids is 2. The van der Waals surface area contributed by atoms with Crippen molar-refractivity contribution in [1.29, 1.82) is 0 Å². The van der Waals surface area contributed by atoms with Crippen molar-refractivity contribution >= 4 is 17.7 Å². The molecule has 7 heteroatoms. The van der Waals surface area contributed by atoms with Gasteiger partial charge in [0, 0.05) is 19.2 Å². The van der Waals surface area contributed by atoms with Crippen molar-refractivity contribution in [3.8, 4) is 11.4 Å². The Balaban J connectivity index is 1.62. The van der Waals surface area contributed by atoms with E-state index in [9.17, 15) is 9.59 Å². The predicted octanol–water partition coefficient (Wildman–Crippen LogP) is 3.18. The molecular formula is C21H18N4O3. The van der Waals surface area contributed by atoms with Crippen LogP contribution in [0.3, 0.4) is 0 Å². The third-order valence-electron chi connectivity index (χ3n) is 4.35. The zero-order valence-electron chi connectivity index (χ0n) is 15.0. The molecule has 0 saturated carbocycles. The number of ether oxygens (including phenoxy) is 1. The molecule has 1 aliphatic heterocycles. The molecule has 0 spiro atoms. The second-order valence-corrected chi connectivity index (χ2v) is 6.29. The average molecular weight is 374 g/mol. The van der Waals surface area contributed by atoms with E-state index in [2.05, 4.69) is 20.6 Å². The van der Waals surface area contributed by atoms with E-state index in [1.54, 1.807) is 24.4 Å². The Bertz CT molecular complexity index is 1010. The molecule has 1 aromatic carbocycles. The highest BCUT2D eigenvalue weighted by molar-refractivity contribution is 5.99. The molecule has 4 rings (SSSR count). The van der Waals surface area contributed by atoms with Crippen LogP contribution < -0.4 is 10.6 Å². The Morgan fingerprint density at radius 3 is 2.75 bits per heavy atom. The summed E-state index contributed by atoms with van der Waals surface area (Å²) in [6.45, 7) is 0.677. The van der Waals surface area contributed by atoms with E-state index < -0.39 is 6.09 Å². The molecule has 3 aromatic rings. The van der Waals surface area contributed by atoms with Gasteiger partial charge in [-0.3, -0.25) is 15.1 Å². The third kappa shape index (κ3) is 3.83. The van der Waals surface area contributed by atoms with Gasteiger partial charge in [0.1, 0.15) is 12.3 Å². The standard InChI is InChI=1S/C21H18N4O3/c26-20-15-12-18(25-21(27)28-13-14-6-2-1-3-7-14)19(17-8-4-5-10-22-17)24-16(15)9-11-23-20/h1-8,10,12H,9,11,13H2,(H,23,26)(H,25,27). The molecular weight excluding hydrogens is 356 g/mol. The van der Waals surface area contributed by atoms with Crippen molar-refractivity contribution in [2.45, 2.75) is 13.0 Å². The number of anilines is 1. The number of amides is 2. The number of benzene rings is 1. The second kappa shape index (κ2) is 7.87. The Morgan fingerprint density at radius 1 is 1.14 bits per heavy atom. The van der Waals surface area contributed by atoms with Crippen LogP contribution >= 0.6 is 0 Å². The minimum absolute atomic E-state index is 0.143. The molecule has 28 heavy (non-hydrogen) atoms. The minimum Gasteiger partial charge on any atom is -0.444 e. The molecule has 3 heterocycles. The molecule has 0 fully saturated rings. The molecule has 140 valence electrons. The Hall–Kier alpha value is -3.74. The van der Waals surface area contributed by atoms with E-state index in [-0.39, 0.29) is 12.5 Å². The first kappa shape index (κ1) is 17.7. The van der Waals surface area contributed by atoms with Gasteiger partial charge in [-0.05, 0) is 23.8 Å². The molecule has 0 atom stereocenters. The van der Waals surface area contributed by atoms with Gasteiger partial charge >= 0.3 is 6.09 Å². The van der Waals surface area contributed by atoms with Gasteiger partial charge in [-0.15, -0.1) is 0 Å². The molecule has 2 N–H and O–H groups in total. The Labute approximate surface area is 161 Å². The summed E-state index contributed by atoms with van der Waals surface area (Å²) in [5, 5.41) is 5.49. The molecule has 0 unspecified atom stereocenters. The van der Waals surface area contributed by atoms with Gasteiger partial charge in [0.25, 0.3) is 5.91 Å². The number of pyridine rings is 2. The van der Waals surface area contributed by atoms with Crippen LogP contribution in [0.5, 0.6) is 0 Å². The fraction of sp³-hybridized carbons (Fsp3) is 0.143. The van der Waals surface area contributed by atoms with E-state index in [4.69, 9.17) is 4.74 Å². The van der Waals surface area contributed by atoms with Gasteiger partial charge in [0.2, 0.25) is 0 Å². The molecule has 0 aliphatic carbocycles. The highest BCUT2D eigenvalue weighted by Gasteiger charge is 2.23. The molecule has 2 aromatic heterocycles. The number of aromatic nitrogens is 2. The normalized spacial score (nSPS) is 12.6. The second-order valence-electron chi connectivity index (χ2n) is 6.29. The average Bonchev–Trinajstić information content (AvgIpc) is 2.74. The number of hydrogen-bond acceptors (Lipinski definition) is 5. The lowest BCUT2D eigenvalue weighted by Gasteiger charge is -2.19. The summed E-state index contributed by atoms with van der Waals surface area (Å²) >= 11 is 0. The van der Waals surface area contributed by atoms with Crippen LogP contribution in [0.2, 0.25) is 0 Å². The van der Waals surface area contributed by atoms with E-state index in [0.717, 1.165) is 5.56 Å². The zero-order valence-corrected chi connectivity index (χ0v) is 15.0. The lowest BCUT2D eigenvalue weighted by Crippen LogP contribution is -2.33. The van der Waals surface area contributed by atoms with Gasteiger partial charge in [-0.2, -0.15) is 0 Å². The fourth-order valence-corrected chi connectivity index (χ4v) is 2.99. The van der Waals surface area contributed by atoms with E-state index >= 15 is 0 Å². The number of fused-ring (bicyclic) bond motifs is 1. The summed E-state index contributed by atoms with van der Waals surface area (Å²) in [7, 11) is 0. The smallest absolute Gasteiger partial charge is 0.412 e. The largest absolute Gasteiger partial charge is 0.444 e. The van der Waals surface area contributed by atoms with Crippen LogP contribution in [-0.4, -0.2) is 28.5 Å². The summed E-state index contributed by atoms with van der Waals surface area (Å²) in [4.78, 5) is 33.4. The molecule has 1 aliphatic rings. The summed E-state index contributed by atoms with van der Waals surface area (Å²) in [6, 6.07) is 16.5. The zero-order chi connectivity index (χ0) is 19.3. The summed E-state index contributed by atoms with van der Waals surface area (Å²) < 4.78 is 5.30. The van der Waals surface area contributed by atoms with Crippen LogP contribution in [0.25, 0.3) is 11.4 Å². The predicted molar refractivity (Wildman–Crippen MR) is 104 cm³/mol. The quantitative estimate of drug-likeness (QED) is 0.732. The number of nitrogens with one attached hydrogen (secondary N) is 2. The first-order chi connectivity index (χ1) is 13.7. The Kier molecular flexibility index (Phi) is 4.97. The number of carbonyl (C=O) groups is 2. The van der Waals surface area contributed by atoms with Crippen molar-refractivity contribution in [2.24, 2.45) is 0 Å². The van der Waals surface area contributed by atoms with E-state index in [0.29, 0.717) is 41.3 Å². The van der Waals surface area contributed by atoms with Crippen molar-refractivity contribution < 1.29 is 14.3 Å². The van der Waals surface area contributed by atoms with E-state index in [1.165, 1.54) is 0 Å². The molecule has 7 nitrogen and oxygen atoms in total. The highest BCUT2D eigenvalue weighted by Crippen LogP contribution is 2.28. The van der Waals surface area contributed by atoms with E-state index in [1.807, 2.05) is 36.4 Å². The van der Waals surface area contributed by atoms with Crippen LogP contribution in [0, 0.1) is 0 Å². The topological polar surface area (TPSA) is 93.2 Å². The SMILES string of the molecule is O=C(Nc1cc2c(nc1-c1ccccn1)CCNC2=O)OCc1ccccc1. The van der Waals surface area contributed by atoms with Gasteiger partial charge < -0.3 is 10.1 Å². The molecule has 0 radical (unpaired) electrons. The molecule has 2 amide bonds. The molecule has 0 bridgehead atoms. The monoisotopic (exact) mass is 374 g/mol. The van der Waals surface area contributed by atoms with Crippen LogP contribution in [-0.2, 0) is 17.8 Å².